The lowest BCUT2D eigenvalue weighted by atomic mass is 9.89. The van der Waals surface area contributed by atoms with Gasteiger partial charge in [-0.15, -0.1) is 0 Å². The topological polar surface area (TPSA) is 40.5 Å². The Kier molecular flexibility index (Phi) is 3.89. The summed E-state index contributed by atoms with van der Waals surface area (Å²) in [5.74, 6) is 0. The Hall–Kier alpha value is -0.860. The van der Waals surface area contributed by atoms with Crippen molar-refractivity contribution in [1.82, 2.24) is 0 Å². The van der Waals surface area contributed by atoms with E-state index in [9.17, 15) is 5.11 Å². The summed E-state index contributed by atoms with van der Waals surface area (Å²) in [7, 11) is 0. The van der Waals surface area contributed by atoms with Crippen molar-refractivity contribution in [3.05, 3.63) is 34.9 Å². The molecule has 0 amide bonds. The number of aryl methyl sites for hydroxylation is 2. The van der Waals surface area contributed by atoms with Crippen molar-refractivity contribution < 1.29 is 10.2 Å². The highest BCUT2D eigenvalue weighted by atomic mass is 16.3. The second-order valence-electron chi connectivity index (χ2n) is 4.40. The highest BCUT2D eigenvalue weighted by molar-refractivity contribution is 5.32. The lowest BCUT2D eigenvalue weighted by molar-refractivity contribution is 0.0403. The first-order valence-corrected chi connectivity index (χ1v) is 5.38. The van der Waals surface area contributed by atoms with Crippen molar-refractivity contribution in [2.45, 2.75) is 39.2 Å². The molecule has 84 valence electrons. The Morgan fingerprint density at radius 1 is 1.20 bits per heavy atom. The van der Waals surface area contributed by atoms with Gasteiger partial charge in [0.15, 0.2) is 0 Å². The number of benzene rings is 1. The van der Waals surface area contributed by atoms with Gasteiger partial charge in [0.1, 0.15) is 0 Å². The van der Waals surface area contributed by atoms with Crippen LogP contribution in [0.25, 0.3) is 0 Å². The number of hydrogen-bond acceptors (Lipinski definition) is 2. The molecule has 15 heavy (non-hydrogen) atoms. The summed E-state index contributed by atoms with van der Waals surface area (Å²) in [6.45, 7) is 6.02. The molecule has 0 saturated carbocycles. The smallest absolute Gasteiger partial charge is 0.0869 e. The molecule has 0 aliphatic rings. The molecule has 2 N–H and O–H groups in total. The van der Waals surface area contributed by atoms with Gasteiger partial charge in [0.2, 0.25) is 0 Å². The average molecular weight is 208 g/mol. The lowest BCUT2D eigenvalue weighted by Gasteiger charge is -2.24. The highest BCUT2D eigenvalue weighted by Crippen LogP contribution is 2.27. The number of aliphatic hydroxyl groups is 2. The van der Waals surface area contributed by atoms with Crippen LogP contribution in [0.4, 0.5) is 0 Å². The summed E-state index contributed by atoms with van der Waals surface area (Å²) in [4.78, 5) is 0. The molecule has 1 aromatic carbocycles. The van der Waals surface area contributed by atoms with Crippen LogP contribution in [0.1, 0.15) is 36.5 Å². The molecule has 2 nitrogen and oxygen atoms in total. The largest absolute Gasteiger partial charge is 0.396 e. The van der Waals surface area contributed by atoms with Gasteiger partial charge in [0.25, 0.3) is 0 Å². The third-order valence-corrected chi connectivity index (χ3v) is 2.95. The van der Waals surface area contributed by atoms with Crippen LogP contribution >= 0.6 is 0 Å². The Morgan fingerprint density at radius 2 is 1.87 bits per heavy atom. The molecule has 0 aliphatic heterocycles. The minimum absolute atomic E-state index is 0.126. The molecule has 0 bridgehead atoms. The molecule has 0 radical (unpaired) electrons. The maximum atomic E-state index is 10.2. The van der Waals surface area contributed by atoms with Gasteiger partial charge in [-0.05, 0) is 50.3 Å². The van der Waals surface area contributed by atoms with Crippen molar-refractivity contribution in [2.24, 2.45) is 0 Å². The Bertz CT molecular complexity index is 329. The summed E-state index contributed by atoms with van der Waals surface area (Å²) < 4.78 is 0. The number of hydrogen-bond donors (Lipinski definition) is 2. The SMILES string of the molecule is Cc1ccc(C(C)(O)CCCO)cc1C. The molecule has 1 aromatic rings. The highest BCUT2D eigenvalue weighted by Gasteiger charge is 2.22. The van der Waals surface area contributed by atoms with Crippen LogP contribution in [0.2, 0.25) is 0 Å². The minimum Gasteiger partial charge on any atom is -0.396 e. The second-order valence-corrected chi connectivity index (χ2v) is 4.40. The molecule has 1 atom stereocenters. The molecule has 0 spiro atoms. The molecular formula is C13H20O2. The molecular weight excluding hydrogens is 188 g/mol. The van der Waals surface area contributed by atoms with E-state index in [0.717, 1.165) is 5.56 Å². The van der Waals surface area contributed by atoms with E-state index in [2.05, 4.69) is 6.92 Å². The van der Waals surface area contributed by atoms with Gasteiger partial charge in [-0.1, -0.05) is 18.2 Å². The third kappa shape index (κ3) is 3.05. The first kappa shape index (κ1) is 12.2. The molecule has 1 rings (SSSR count). The first-order valence-electron chi connectivity index (χ1n) is 5.38. The van der Waals surface area contributed by atoms with E-state index in [1.807, 2.05) is 25.1 Å². The van der Waals surface area contributed by atoms with Crippen molar-refractivity contribution in [3.63, 3.8) is 0 Å². The van der Waals surface area contributed by atoms with Gasteiger partial charge in [-0.2, -0.15) is 0 Å². The van der Waals surface area contributed by atoms with Gasteiger partial charge < -0.3 is 10.2 Å². The van der Waals surface area contributed by atoms with Crippen LogP contribution < -0.4 is 0 Å². The minimum atomic E-state index is -0.832. The Balaban J connectivity index is 2.89. The molecule has 0 aliphatic carbocycles. The van der Waals surface area contributed by atoms with Crippen molar-refractivity contribution >= 4 is 0 Å². The standard InChI is InChI=1S/C13H20O2/c1-10-5-6-12(9-11(10)2)13(3,15)7-4-8-14/h5-6,9,14-15H,4,7-8H2,1-3H3. The number of rotatable bonds is 4. The Labute approximate surface area is 91.6 Å². The predicted molar refractivity (Wildman–Crippen MR) is 61.8 cm³/mol. The normalized spacial score (nSPS) is 15.0. The van der Waals surface area contributed by atoms with Gasteiger partial charge in [-0.3, -0.25) is 0 Å². The molecule has 0 aromatic heterocycles. The second kappa shape index (κ2) is 4.77. The predicted octanol–water partition coefficient (Wildman–Crippen LogP) is 2.28. The van der Waals surface area contributed by atoms with Crippen LogP contribution in [-0.4, -0.2) is 16.8 Å². The van der Waals surface area contributed by atoms with Crippen LogP contribution in [0.5, 0.6) is 0 Å². The van der Waals surface area contributed by atoms with Crippen molar-refractivity contribution in [1.29, 1.82) is 0 Å². The number of aliphatic hydroxyl groups excluding tert-OH is 1. The maximum absolute atomic E-state index is 10.2. The summed E-state index contributed by atoms with van der Waals surface area (Å²) in [5, 5.41) is 19.0. The molecule has 0 heterocycles. The van der Waals surface area contributed by atoms with Gasteiger partial charge in [-0.25, -0.2) is 0 Å². The zero-order chi connectivity index (χ0) is 11.5. The maximum Gasteiger partial charge on any atom is 0.0869 e. The monoisotopic (exact) mass is 208 g/mol. The third-order valence-electron chi connectivity index (χ3n) is 2.95. The summed E-state index contributed by atoms with van der Waals surface area (Å²) in [6.07, 6.45) is 1.21. The quantitative estimate of drug-likeness (QED) is 0.797. The fraction of sp³-hybridized carbons (Fsp3) is 0.538. The van der Waals surface area contributed by atoms with E-state index in [0.29, 0.717) is 12.8 Å². The molecule has 2 heteroatoms. The van der Waals surface area contributed by atoms with Gasteiger partial charge >= 0.3 is 0 Å². The zero-order valence-electron chi connectivity index (χ0n) is 9.75. The zero-order valence-corrected chi connectivity index (χ0v) is 9.75. The first-order chi connectivity index (χ1) is 6.97. The average Bonchev–Trinajstić information content (AvgIpc) is 2.19. The summed E-state index contributed by atoms with van der Waals surface area (Å²) >= 11 is 0. The fourth-order valence-corrected chi connectivity index (χ4v) is 1.64. The summed E-state index contributed by atoms with van der Waals surface area (Å²) in [5.41, 5.74) is 2.52. The van der Waals surface area contributed by atoms with E-state index in [4.69, 9.17) is 5.11 Å². The van der Waals surface area contributed by atoms with E-state index in [-0.39, 0.29) is 6.61 Å². The van der Waals surface area contributed by atoms with Crippen LogP contribution in [-0.2, 0) is 5.60 Å². The van der Waals surface area contributed by atoms with Gasteiger partial charge in [0, 0.05) is 6.61 Å². The van der Waals surface area contributed by atoms with Crippen molar-refractivity contribution in [2.75, 3.05) is 6.61 Å². The van der Waals surface area contributed by atoms with E-state index in [1.54, 1.807) is 6.92 Å². The van der Waals surface area contributed by atoms with E-state index < -0.39 is 5.60 Å². The van der Waals surface area contributed by atoms with Crippen LogP contribution in [0, 0.1) is 13.8 Å². The molecule has 0 fully saturated rings. The Morgan fingerprint density at radius 3 is 2.40 bits per heavy atom. The van der Waals surface area contributed by atoms with Gasteiger partial charge in [0.05, 0.1) is 5.60 Å². The lowest BCUT2D eigenvalue weighted by Crippen LogP contribution is -2.21. The molecule has 0 saturated heterocycles. The fourth-order valence-electron chi connectivity index (χ4n) is 1.64. The summed E-state index contributed by atoms with van der Waals surface area (Å²) in [6, 6.07) is 6.00. The van der Waals surface area contributed by atoms with Crippen molar-refractivity contribution in [3.8, 4) is 0 Å². The van der Waals surface area contributed by atoms with Crippen LogP contribution in [0.15, 0.2) is 18.2 Å². The van der Waals surface area contributed by atoms with E-state index in [1.165, 1.54) is 11.1 Å². The molecule has 1 unspecified atom stereocenters. The van der Waals surface area contributed by atoms with Crippen LogP contribution in [0.3, 0.4) is 0 Å². The van der Waals surface area contributed by atoms with E-state index >= 15 is 0 Å².